The van der Waals surface area contributed by atoms with E-state index in [4.69, 9.17) is 27.1 Å². The summed E-state index contributed by atoms with van der Waals surface area (Å²) in [6, 6.07) is 14.5. The molecule has 1 saturated heterocycles. The van der Waals surface area contributed by atoms with Crippen molar-refractivity contribution < 1.29 is 4.74 Å². The summed E-state index contributed by atoms with van der Waals surface area (Å²) in [5.74, 6) is 1.18. The standard InChI is InChI=1S/C24H25ClN6O/c1-32-22-12-16(31-10-8-15(26)9-11-31)6-7-21(22)29-24-28-14-19(25)23(30-24)18-13-27-20-5-3-2-4-17(18)20/h2-7,12-15,27H,8-11,26H2,1H3,(H,28,29,30). The molecule has 0 amide bonds. The number of methoxy groups -OCH3 is 1. The normalized spacial score (nSPS) is 14.7. The second-order valence-corrected chi connectivity index (χ2v) is 8.38. The number of ether oxygens (including phenoxy) is 1. The SMILES string of the molecule is COc1cc(N2CCC(N)CC2)ccc1Nc1ncc(Cl)c(-c2c[nH]c3ccccc23)n1. The summed E-state index contributed by atoms with van der Waals surface area (Å²) in [4.78, 5) is 14.7. The summed E-state index contributed by atoms with van der Waals surface area (Å²) in [5, 5.41) is 4.83. The van der Waals surface area contributed by atoms with Crippen LogP contribution in [0.3, 0.4) is 0 Å². The van der Waals surface area contributed by atoms with Crippen molar-refractivity contribution in [2.75, 3.05) is 30.4 Å². The first-order chi connectivity index (χ1) is 15.6. The zero-order valence-electron chi connectivity index (χ0n) is 17.8. The van der Waals surface area contributed by atoms with Gasteiger partial charge in [-0.1, -0.05) is 29.8 Å². The molecule has 0 radical (unpaired) electrons. The van der Waals surface area contributed by atoms with Crippen LogP contribution in [-0.4, -0.2) is 41.2 Å². The van der Waals surface area contributed by atoms with Crippen molar-refractivity contribution in [2.45, 2.75) is 18.9 Å². The minimum atomic E-state index is 0.294. The number of hydrogen-bond acceptors (Lipinski definition) is 6. The van der Waals surface area contributed by atoms with Crippen molar-refractivity contribution in [3.8, 4) is 17.0 Å². The molecule has 1 aliphatic rings. The Bertz CT molecular complexity index is 1250. The maximum atomic E-state index is 6.46. The predicted octanol–water partition coefficient (Wildman–Crippen LogP) is 4.96. The monoisotopic (exact) mass is 448 g/mol. The molecule has 0 atom stereocenters. The van der Waals surface area contributed by atoms with Crippen molar-refractivity contribution in [1.29, 1.82) is 0 Å². The highest BCUT2D eigenvalue weighted by atomic mass is 35.5. The van der Waals surface area contributed by atoms with E-state index in [1.54, 1.807) is 13.3 Å². The summed E-state index contributed by atoms with van der Waals surface area (Å²) >= 11 is 6.46. The number of hydrogen-bond donors (Lipinski definition) is 3. The largest absolute Gasteiger partial charge is 0.494 e. The van der Waals surface area contributed by atoms with Gasteiger partial charge in [-0.3, -0.25) is 0 Å². The Morgan fingerprint density at radius 2 is 2.00 bits per heavy atom. The van der Waals surface area contributed by atoms with Crippen LogP contribution in [0.2, 0.25) is 5.02 Å². The first-order valence-electron chi connectivity index (χ1n) is 10.7. The van der Waals surface area contributed by atoms with E-state index in [0.717, 1.165) is 59.5 Å². The molecule has 0 saturated carbocycles. The summed E-state index contributed by atoms with van der Waals surface area (Å²) in [6.07, 6.45) is 5.53. The molecule has 3 heterocycles. The van der Waals surface area contributed by atoms with Crippen molar-refractivity contribution in [1.82, 2.24) is 15.0 Å². The average Bonchev–Trinajstić information content (AvgIpc) is 3.25. The molecular formula is C24H25ClN6O. The van der Waals surface area contributed by atoms with E-state index in [1.807, 2.05) is 42.6 Å². The van der Waals surface area contributed by atoms with E-state index in [1.165, 1.54) is 0 Å². The van der Waals surface area contributed by atoms with Crippen molar-refractivity contribution in [3.05, 3.63) is 59.9 Å². The van der Waals surface area contributed by atoms with Gasteiger partial charge in [0.2, 0.25) is 5.95 Å². The van der Waals surface area contributed by atoms with Gasteiger partial charge in [0.05, 0.1) is 29.7 Å². The summed E-state index contributed by atoms with van der Waals surface area (Å²) < 4.78 is 5.65. The second kappa shape index (κ2) is 8.68. The molecule has 0 spiro atoms. The lowest BCUT2D eigenvalue weighted by Crippen LogP contribution is -2.39. The Hall–Kier alpha value is -3.29. The molecule has 0 bridgehead atoms. The molecule has 4 aromatic rings. The summed E-state index contributed by atoms with van der Waals surface area (Å²) in [6.45, 7) is 1.90. The average molecular weight is 449 g/mol. The number of nitrogens with zero attached hydrogens (tertiary/aromatic N) is 3. The zero-order chi connectivity index (χ0) is 22.1. The van der Waals surface area contributed by atoms with Gasteiger partial charge in [0, 0.05) is 53.5 Å². The Balaban J connectivity index is 1.43. The molecule has 8 heteroatoms. The first kappa shape index (κ1) is 20.6. The molecule has 0 aliphatic carbocycles. The van der Waals surface area contributed by atoms with E-state index in [9.17, 15) is 0 Å². The van der Waals surface area contributed by atoms with Gasteiger partial charge in [-0.05, 0) is 31.0 Å². The lowest BCUT2D eigenvalue weighted by molar-refractivity contribution is 0.416. The topological polar surface area (TPSA) is 92.1 Å². The van der Waals surface area contributed by atoms with Gasteiger partial charge >= 0.3 is 0 Å². The van der Waals surface area contributed by atoms with Gasteiger partial charge in [-0.25, -0.2) is 9.97 Å². The van der Waals surface area contributed by atoms with Crippen molar-refractivity contribution in [3.63, 3.8) is 0 Å². The third-order valence-corrected chi connectivity index (χ3v) is 6.20. The predicted molar refractivity (Wildman–Crippen MR) is 130 cm³/mol. The fraction of sp³-hybridized carbons (Fsp3) is 0.250. The first-order valence-corrected chi connectivity index (χ1v) is 11.0. The molecule has 2 aromatic carbocycles. The van der Waals surface area contributed by atoms with Crippen molar-refractivity contribution >= 4 is 39.8 Å². The van der Waals surface area contributed by atoms with Crippen LogP contribution in [0.1, 0.15) is 12.8 Å². The van der Waals surface area contributed by atoms with Gasteiger partial charge in [0.25, 0.3) is 0 Å². The molecule has 7 nitrogen and oxygen atoms in total. The highest BCUT2D eigenvalue weighted by Crippen LogP contribution is 2.35. The molecule has 1 aliphatic heterocycles. The van der Waals surface area contributed by atoms with Crippen LogP contribution < -0.4 is 20.7 Å². The molecule has 0 unspecified atom stereocenters. The number of aromatic nitrogens is 3. The zero-order valence-corrected chi connectivity index (χ0v) is 18.6. The van der Waals surface area contributed by atoms with E-state index >= 15 is 0 Å². The fourth-order valence-electron chi connectivity index (χ4n) is 4.14. The second-order valence-electron chi connectivity index (χ2n) is 7.97. The number of nitrogens with two attached hydrogens (primary N) is 1. The third-order valence-electron chi connectivity index (χ3n) is 5.92. The molecule has 2 aromatic heterocycles. The number of benzene rings is 2. The molecule has 164 valence electrons. The number of halogens is 1. The Labute approximate surface area is 191 Å². The van der Waals surface area contributed by atoms with Gasteiger partial charge in [-0.2, -0.15) is 0 Å². The van der Waals surface area contributed by atoms with Gasteiger partial charge in [0.15, 0.2) is 0 Å². The number of nitrogens with one attached hydrogen (secondary N) is 2. The molecule has 1 fully saturated rings. The number of fused-ring (bicyclic) bond motifs is 1. The van der Waals surface area contributed by atoms with Gasteiger partial charge < -0.3 is 25.7 Å². The van der Waals surface area contributed by atoms with Crippen molar-refractivity contribution in [2.24, 2.45) is 5.73 Å². The van der Waals surface area contributed by atoms with E-state index in [2.05, 4.69) is 26.3 Å². The number of piperidine rings is 1. The van der Waals surface area contributed by atoms with Crippen LogP contribution in [0.15, 0.2) is 54.9 Å². The minimum absolute atomic E-state index is 0.294. The maximum absolute atomic E-state index is 6.46. The lowest BCUT2D eigenvalue weighted by Gasteiger charge is -2.32. The number of anilines is 3. The lowest BCUT2D eigenvalue weighted by atomic mass is 10.1. The third kappa shape index (κ3) is 3.97. The number of rotatable bonds is 5. The summed E-state index contributed by atoms with van der Waals surface area (Å²) in [7, 11) is 1.66. The van der Waals surface area contributed by atoms with Crippen LogP contribution in [0.4, 0.5) is 17.3 Å². The van der Waals surface area contributed by atoms with Gasteiger partial charge in [0.1, 0.15) is 5.75 Å². The molecular weight excluding hydrogens is 424 g/mol. The van der Waals surface area contributed by atoms with Crippen LogP contribution in [0.5, 0.6) is 5.75 Å². The van der Waals surface area contributed by atoms with Crippen LogP contribution >= 0.6 is 11.6 Å². The Morgan fingerprint density at radius 3 is 2.81 bits per heavy atom. The highest BCUT2D eigenvalue weighted by Gasteiger charge is 2.18. The Kier molecular flexibility index (Phi) is 5.59. The fourth-order valence-corrected chi connectivity index (χ4v) is 4.33. The minimum Gasteiger partial charge on any atom is -0.494 e. The highest BCUT2D eigenvalue weighted by molar-refractivity contribution is 6.33. The number of H-pyrrole nitrogens is 1. The van der Waals surface area contributed by atoms with E-state index in [0.29, 0.717) is 22.7 Å². The van der Waals surface area contributed by atoms with Crippen LogP contribution in [-0.2, 0) is 0 Å². The maximum Gasteiger partial charge on any atom is 0.227 e. The number of para-hydroxylation sites is 1. The van der Waals surface area contributed by atoms with Crippen LogP contribution in [0.25, 0.3) is 22.2 Å². The van der Waals surface area contributed by atoms with E-state index in [-0.39, 0.29) is 0 Å². The molecule has 5 rings (SSSR count). The molecule has 4 N–H and O–H groups in total. The summed E-state index contributed by atoms with van der Waals surface area (Å²) in [5.41, 5.74) is 10.6. The van der Waals surface area contributed by atoms with Crippen LogP contribution in [0, 0.1) is 0 Å². The van der Waals surface area contributed by atoms with E-state index < -0.39 is 0 Å². The Morgan fingerprint density at radius 1 is 1.19 bits per heavy atom. The van der Waals surface area contributed by atoms with Gasteiger partial charge in [-0.15, -0.1) is 0 Å². The smallest absolute Gasteiger partial charge is 0.227 e. The number of aromatic amines is 1. The quantitative estimate of drug-likeness (QED) is 0.399. The molecule has 32 heavy (non-hydrogen) atoms.